The van der Waals surface area contributed by atoms with Gasteiger partial charge in [-0.05, 0) is 38.5 Å². The third kappa shape index (κ3) is 8.90. The second-order valence-electron chi connectivity index (χ2n) is 7.25. The number of hydrogen-bond acceptors (Lipinski definition) is 4. The minimum absolute atomic E-state index is 0. The maximum Gasteiger partial charge on any atom is 0.191 e. The van der Waals surface area contributed by atoms with Gasteiger partial charge in [-0.25, -0.2) is 8.42 Å². The first-order valence-electron chi connectivity index (χ1n) is 9.38. The molecule has 0 aromatic heterocycles. The third-order valence-corrected chi connectivity index (χ3v) is 5.85. The molecule has 6 nitrogen and oxygen atoms in total. The molecule has 1 heterocycles. The molecule has 0 amide bonds. The molecule has 148 valence electrons. The fourth-order valence-electron chi connectivity index (χ4n) is 3.37. The molecule has 1 saturated carbocycles. The van der Waals surface area contributed by atoms with Crippen LogP contribution in [0.2, 0.25) is 0 Å². The third-order valence-electron chi connectivity index (χ3n) is 4.93. The van der Waals surface area contributed by atoms with Crippen molar-refractivity contribution in [3.63, 3.8) is 0 Å². The van der Waals surface area contributed by atoms with Crippen LogP contribution in [0.4, 0.5) is 0 Å². The van der Waals surface area contributed by atoms with E-state index < -0.39 is 9.84 Å². The van der Waals surface area contributed by atoms with Gasteiger partial charge in [-0.2, -0.15) is 0 Å². The lowest BCUT2D eigenvalue weighted by atomic mass is 10.1. The van der Waals surface area contributed by atoms with E-state index in [2.05, 4.69) is 34.4 Å². The van der Waals surface area contributed by atoms with Crippen LogP contribution in [0.1, 0.15) is 46.0 Å². The van der Waals surface area contributed by atoms with E-state index in [0.717, 1.165) is 44.4 Å². The molecule has 2 N–H and O–H groups in total. The average Bonchev–Trinajstić information content (AvgIpc) is 3.24. The number of halogens is 1. The van der Waals surface area contributed by atoms with Crippen LogP contribution in [-0.2, 0) is 9.84 Å². The summed E-state index contributed by atoms with van der Waals surface area (Å²) in [5.41, 5.74) is 0. The average molecular weight is 486 g/mol. The second kappa shape index (κ2) is 10.9. The smallest absolute Gasteiger partial charge is 0.191 e. The molecule has 0 aromatic carbocycles. The van der Waals surface area contributed by atoms with Crippen LogP contribution < -0.4 is 10.6 Å². The lowest BCUT2D eigenvalue weighted by Crippen LogP contribution is -2.49. The Morgan fingerprint density at radius 3 is 2.44 bits per heavy atom. The number of aliphatic imine (C=N–C) groups is 1. The summed E-state index contributed by atoms with van der Waals surface area (Å²) in [4.78, 5) is 6.83. The minimum atomic E-state index is -2.87. The van der Waals surface area contributed by atoms with Gasteiger partial charge in [-0.1, -0.05) is 13.3 Å². The highest BCUT2D eigenvalue weighted by molar-refractivity contribution is 14.0. The molecule has 8 heteroatoms. The molecule has 0 spiro atoms. The van der Waals surface area contributed by atoms with Crippen LogP contribution in [0.5, 0.6) is 0 Å². The molecule has 1 aliphatic heterocycles. The fraction of sp³-hybridized carbons (Fsp3) is 0.941. The number of sulfone groups is 1. The Labute approximate surface area is 170 Å². The van der Waals surface area contributed by atoms with Gasteiger partial charge in [-0.3, -0.25) is 4.99 Å². The molecule has 1 aliphatic carbocycles. The Bertz CT molecular complexity index is 519. The normalized spacial score (nSPS) is 25.3. The van der Waals surface area contributed by atoms with Crippen LogP contribution >= 0.6 is 24.0 Å². The molecule has 2 aliphatic rings. The van der Waals surface area contributed by atoms with Crippen LogP contribution in [0.3, 0.4) is 0 Å². The van der Waals surface area contributed by atoms with Crippen molar-refractivity contribution in [1.29, 1.82) is 0 Å². The number of guanidine groups is 1. The largest absolute Gasteiger partial charge is 0.354 e. The summed E-state index contributed by atoms with van der Waals surface area (Å²) in [7, 11) is -2.87. The summed E-state index contributed by atoms with van der Waals surface area (Å²) in [6.45, 7) is 7.65. The van der Waals surface area contributed by atoms with Crippen molar-refractivity contribution < 1.29 is 8.42 Å². The Hall–Kier alpha value is -0.0900. The van der Waals surface area contributed by atoms with Crippen molar-refractivity contribution in [3.8, 4) is 0 Å². The first-order valence-corrected chi connectivity index (χ1v) is 11.4. The highest BCUT2D eigenvalue weighted by Crippen LogP contribution is 2.34. The van der Waals surface area contributed by atoms with Gasteiger partial charge in [0.1, 0.15) is 9.84 Å². The number of nitrogens with one attached hydrogen (secondary N) is 2. The van der Waals surface area contributed by atoms with Gasteiger partial charge in [0.25, 0.3) is 0 Å². The summed E-state index contributed by atoms with van der Waals surface area (Å²) < 4.78 is 22.5. The molecule has 1 saturated heterocycles. The Morgan fingerprint density at radius 1 is 1.20 bits per heavy atom. The van der Waals surface area contributed by atoms with Crippen molar-refractivity contribution in [2.45, 2.75) is 58.0 Å². The zero-order chi connectivity index (χ0) is 17.6. The van der Waals surface area contributed by atoms with E-state index in [1.54, 1.807) is 0 Å². The van der Waals surface area contributed by atoms with Crippen LogP contribution in [-0.4, -0.2) is 69.5 Å². The van der Waals surface area contributed by atoms with Gasteiger partial charge >= 0.3 is 0 Å². The van der Waals surface area contributed by atoms with Crippen molar-refractivity contribution in [2.24, 2.45) is 10.9 Å². The summed E-state index contributed by atoms with van der Waals surface area (Å²) in [5, 5.41) is 7.15. The number of rotatable bonds is 8. The van der Waals surface area contributed by atoms with E-state index >= 15 is 0 Å². The van der Waals surface area contributed by atoms with Gasteiger partial charge in [0.2, 0.25) is 0 Å². The molecule has 2 unspecified atom stereocenters. The SMILES string of the molecule is CCCC1CC1NC(=NCC)NC1CCN(CCS(C)(=O)=O)CC1.I. The minimum Gasteiger partial charge on any atom is -0.354 e. The molecular formula is C17H35IN4O2S. The summed E-state index contributed by atoms with van der Waals surface area (Å²) in [5.74, 6) is 2.03. The molecule has 0 aromatic rings. The van der Waals surface area contributed by atoms with E-state index in [-0.39, 0.29) is 29.7 Å². The van der Waals surface area contributed by atoms with Gasteiger partial charge in [0, 0.05) is 44.5 Å². The van der Waals surface area contributed by atoms with E-state index in [4.69, 9.17) is 0 Å². The Morgan fingerprint density at radius 2 is 1.88 bits per heavy atom. The van der Waals surface area contributed by atoms with E-state index in [0.29, 0.717) is 18.6 Å². The summed E-state index contributed by atoms with van der Waals surface area (Å²) in [6.07, 6.45) is 7.21. The highest BCUT2D eigenvalue weighted by atomic mass is 127. The molecular weight excluding hydrogens is 451 g/mol. The predicted octanol–water partition coefficient (Wildman–Crippen LogP) is 1.86. The lowest BCUT2D eigenvalue weighted by molar-refractivity contribution is 0.216. The van der Waals surface area contributed by atoms with Crippen molar-refractivity contribution in [2.75, 3.05) is 38.2 Å². The fourth-order valence-corrected chi connectivity index (χ4v) is 3.96. The number of piperidine rings is 1. The first kappa shape index (κ1) is 23.0. The predicted molar refractivity (Wildman–Crippen MR) is 116 cm³/mol. The van der Waals surface area contributed by atoms with Crippen LogP contribution in [0, 0.1) is 5.92 Å². The van der Waals surface area contributed by atoms with Crippen LogP contribution in [0.15, 0.2) is 4.99 Å². The highest BCUT2D eigenvalue weighted by Gasteiger charge is 2.36. The zero-order valence-electron chi connectivity index (χ0n) is 15.8. The molecule has 2 fully saturated rings. The van der Waals surface area contributed by atoms with E-state index in [1.165, 1.54) is 25.5 Å². The van der Waals surface area contributed by atoms with Crippen molar-refractivity contribution in [3.05, 3.63) is 0 Å². The van der Waals surface area contributed by atoms with E-state index in [9.17, 15) is 8.42 Å². The zero-order valence-corrected chi connectivity index (χ0v) is 19.0. The number of hydrogen-bond donors (Lipinski definition) is 2. The number of likely N-dealkylation sites (tertiary alicyclic amines) is 1. The Balaban J connectivity index is 0.00000312. The maximum absolute atomic E-state index is 11.3. The molecule has 2 rings (SSSR count). The van der Waals surface area contributed by atoms with Gasteiger partial charge in [0.15, 0.2) is 5.96 Å². The van der Waals surface area contributed by atoms with Gasteiger partial charge < -0.3 is 15.5 Å². The topological polar surface area (TPSA) is 73.8 Å². The van der Waals surface area contributed by atoms with Crippen molar-refractivity contribution >= 4 is 39.8 Å². The summed E-state index contributed by atoms with van der Waals surface area (Å²) >= 11 is 0. The van der Waals surface area contributed by atoms with Gasteiger partial charge in [0.05, 0.1) is 5.75 Å². The number of nitrogens with zero attached hydrogens (tertiary/aromatic N) is 2. The molecule has 2 atom stereocenters. The van der Waals surface area contributed by atoms with Crippen LogP contribution in [0.25, 0.3) is 0 Å². The standard InChI is InChI=1S/C17H34N4O2S.HI/c1-4-6-14-13-16(14)20-17(18-5-2)19-15-7-9-21(10-8-15)11-12-24(3,22)23;/h14-16H,4-13H2,1-3H3,(H2,18,19,20);1H. The maximum atomic E-state index is 11.3. The molecule has 25 heavy (non-hydrogen) atoms. The Kier molecular flexibility index (Phi) is 10.0. The lowest BCUT2D eigenvalue weighted by Gasteiger charge is -2.33. The quantitative estimate of drug-likeness (QED) is 0.311. The molecule has 0 bridgehead atoms. The van der Waals surface area contributed by atoms with Crippen molar-refractivity contribution in [1.82, 2.24) is 15.5 Å². The second-order valence-corrected chi connectivity index (χ2v) is 9.51. The molecule has 0 radical (unpaired) electrons. The summed E-state index contributed by atoms with van der Waals surface area (Å²) in [6, 6.07) is 1.03. The van der Waals surface area contributed by atoms with E-state index in [1.807, 2.05) is 0 Å². The monoisotopic (exact) mass is 486 g/mol. The van der Waals surface area contributed by atoms with Gasteiger partial charge in [-0.15, -0.1) is 24.0 Å². The first-order chi connectivity index (χ1) is 11.4.